The number of thiophene rings is 1. The van der Waals surface area contributed by atoms with Gasteiger partial charge in [0.25, 0.3) is 0 Å². The van der Waals surface area contributed by atoms with Crippen LogP contribution < -0.4 is 0 Å². The maximum absolute atomic E-state index is 5.01. The Morgan fingerprint density at radius 2 is 1.37 bits per heavy atom. The average molecular weight is 669 g/mol. The highest BCUT2D eigenvalue weighted by Crippen LogP contribution is 2.53. The number of aromatic nitrogens is 2. The first-order chi connectivity index (χ1) is 25.2. The fraction of sp³-hybridized carbons (Fsp3) is 0.0625. The zero-order valence-corrected chi connectivity index (χ0v) is 28.9. The zero-order chi connectivity index (χ0) is 33.7. The zero-order valence-electron chi connectivity index (χ0n) is 28.0. The molecule has 2 nitrogen and oxygen atoms in total. The largest absolute Gasteiger partial charge is 0.309 e. The summed E-state index contributed by atoms with van der Waals surface area (Å²) in [7, 11) is 0. The Labute approximate surface area is 300 Å². The van der Waals surface area contributed by atoms with E-state index in [-0.39, 0.29) is 5.41 Å². The van der Waals surface area contributed by atoms with Gasteiger partial charge in [0.1, 0.15) is 0 Å². The first-order valence-corrected chi connectivity index (χ1v) is 18.5. The molecular formula is C48H32N2S. The van der Waals surface area contributed by atoms with Crippen LogP contribution in [0.4, 0.5) is 0 Å². The minimum Gasteiger partial charge on any atom is -0.309 e. The van der Waals surface area contributed by atoms with Crippen molar-refractivity contribution in [2.24, 2.45) is 0 Å². The van der Waals surface area contributed by atoms with Crippen LogP contribution in [0.25, 0.3) is 81.2 Å². The van der Waals surface area contributed by atoms with Crippen LogP contribution >= 0.6 is 11.3 Å². The van der Waals surface area contributed by atoms with Crippen LogP contribution in [0, 0.1) is 0 Å². The van der Waals surface area contributed by atoms with Gasteiger partial charge in [-0.3, -0.25) is 4.98 Å². The SMILES string of the molecule is CC12C=CC=CC1c1ccccc1-c1cc(-c3cccc(-c4nccc5c4sc4ccc(-n6c7ccccc7c7ccccc76)cc45)c3)ccc12. The van der Waals surface area contributed by atoms with Crippen LogP contribution in [-0.4, -0.2) is 9.55 Å². The van der Waals surface area contributed by atoms with Crippen molar-refractivity contribution < 1.29 is 0 Å². The Balaban J connectivity index is 1.03. The standard InChI is InChI=1S/C48H32N2S/c1-48-25-9-8-17-41(48)35-14-3-2-13-34(35)39-28-31(20-22-42(39)48)30-11-10-12-32(27-30)46-47-38(24-26-49-46)40-29-33(21-23-45(40)51-47)50-43-18-6-4-15-36(43)37-16-5-7-19-44(37)50/h2-29,41H,1H3. The molecule has 3 heteroatoms. The van der Waals surface area contributed by atoms with E-state index in [0.29, 0.717) is 5.92 Å². The van der Waals surface area contributed by atoms with E-state index in [4.69, 9.17) is 4.98 Å². The molecule has 6 aromatic carbocycles. The van der Waals surface area contributed by atoms with Crippen LogP contribution in [0.1, 0.15) is 24.0 Å². The minimum absolute atomic E-state index is 0.0685. The monoisotopic (exact) mass is 668 g/mol. The molecule has 0 spiro atoms. The van der Waals surface area contributed by atoms with Crippen molar-refractivity contribution in [1.82, 2.24) is 9.55 Å². The van der Waals surface area contributed by atoms with E-state index in [1.165, 1.54) is 81.0 Å². The quantitative estimate of drug-likeness (QED) is 0.183. The van der Waals surface area contributed by atoms with E-state index in [9.17, 15) is 0 Å². The highest BCUT2D eigenvalue weighted by atomic mass is 32.1. The molecule has 0 saturated carbocycles. The second-order valence-electron chi connectivity index (χ2n) is 14.1. The number of hydrogen-bond acceptors (Lipinski definition) is 2. The van der Waals surface area contributed by atoms with Crippen LogP contribution in [0.5, 0.6) is 0 Å². The van der Waals surface area contributed by atoms with Gasteiger partial charge in [0.15, 0.2) is 0 Å². The van der Waals surface area contributed by atoms with Gasteiger partial charge < -0.3 is 4.57 Å². The third-order valence-electron chi connectivity index (χ3n) is 11.4. The van der Waals surface area contributed by atoms with Gasteiger partial charge >= 0.3 is 0 Å². The van der Waals surface area contributed by atoms with Crippen LogP contribution in [0.2, 0.25) is 0 Å². The maximum Gasteiger partial charge on any atom is 0.0880 e. The fourth-order valence-corrected chi connectivity index (χ4v) is 10.1. The summed E-state index contributed by atoms with van der Waals surface area (Å²) >= 11 is 1.84. The van der Waals surface area contributed by atoms with Gasteiger partial charge in [-0.05, 0) is 81.9 Å². The van der Waals surface area contributed by atoms with Crippen molar-refractivity contribution in [3.05, 3.63) is 181 Å². The normalized spacial score (nSPS) is 17.6. The summed E-state index contributed by atoms with van der Waals surface area (Å²) < 4.78 is 4.89. The van der Waals surface area contributed by atoms with E-state index in [1.807, 2.05) is 17.5 Å². The second-order valence-corrected chi connectivity index (χ2v) is 15.2. The Bertz CT molecular complexity index is 2900. The molecule has 0 aliphatic heterocycles. The van der Waals surface area contributed by atoms with Gasteiger partial charge in [-0.15, -0.1) is 11.3 Å². The average Bonchev–Trinajstić information content (AvgIpc) is 3.73. The first-order valence-electron chi connectivity index (χ1n) is 17.7. The van der Waals surface area contributed by atoms with Gasteiger partial charge in [-0.1, -0.05) is 122 Å². The lowest BCUT2D eigenvalue weighted by Gasteiger charge is -2.42. The fourth-order valence-electron chi connectivity index (χ4n) is 8.93. The smallest absolute Gasteiger partial charge is 0.0880 e. The summed E-state index contributed by atoms with van der Waals surface area (Å²) in [5, 5.41) is 5.07. The van der Waals surface area contributed by atoms with Crippen molar-refractivity contribution in [2.45, 2.75) is 18.3 Å². The number of allylic oxidation sites excluding steroid dienone is 4. The molecule has 0 amide bonds. The molecule has 0 radical (unpaired) electrons. The van der Waals surface area contributed by atoms with Crippen LogP contribution in [-0.2, 0) is 5.41 Å². The third kappa shape index (κ3) is 4.13. The Morgan fingerprint density at radius 3 is 2.24 bits per heavy atom. The molecule has 0 saturated heterocycles. The topological polar surface area (TPSA) is 17.8 Å². The number of hydrogen-bond donors (Lipinski definition) is 0. The molecule has 2 atom stereocenters. The van der Waals surface area contributed by atoms with Gasteiger partial charge in [0, 0.05) is 55.0 Å². The van der Waals surface area contributed by atoms with E-state index in [0.717, 1.165) is 11.3 Å². The van der Waals surface area contributed by atoms with Crippen molar-refractivity contribution in [3.8, 4) is 39.2 Å². The number of para-hydroxylation sites is 2. The molecule has 3 aromatic heterocycles. The van der Waals surface area contributed by atoms with Crippen molar-refractivity contribution in [3.63, 3.8) is 0 Å². The Kier molecular flexibility index (Phi) is 6.06. The molecule has 51 heavy (non-hydrogen) atoms. The molecule has 0 N–H and O–H groups in total. The Hall–Kier alpha value is -6.03. The van der Waals surface area contributed by atoms with Crippen molar-refractivity contribution in [2.75, 3.05) is 0 Å². The lowest BCUT2D eigenvalue weighted by atomic mass is 9.60. The summed E-state index contributed by atoms with van der Waals surface area (Å²) in [6, 6.07) is 51.5. The van der Waals surface area contributed by atoms with Crippen molar-refractivity contribution in [1.29, 1.82) is 0 Å². The molecule has 240 valence electrons. The molecule has 0 bridgehead atoms. The highest BCUT2D eigenvalue weighted by molar-refractivity contribution is 7.26. The molecule has 9 aromatic rings. The van der Waals surface area contributed by atoms with Gasteiger partial charge in [0.2, 0.25) is 0 Å². The first kappa shape index (κ1) is 28.8. The number of pyridine rings is 1. The second kappa shape index (κ2) is 10.7. The number of benzene rings is 6. The molecular weight excluding hydrogens is 637 g/mol. The Morgan fingerprint density at radius 1 is 0.608 bits per heavy atom. The van der Waals surface area contributed by atoms with E-state index >= 15 is 0 Å². The van der Waals surface area contributed by atoms with E-state index in [2.05, 4.69) is 175 Å². The number of rotatable bonds is 3. The molecule has 11 rings (SSSR count). The highest BCUT2D eigenvalue weighted by Gasteiger charge is 2.41. The molecule has 2 aliphatic rings. The molecule has 2 unspecified atom stereocenters. The maximum atomic E-state index is 5.01. The summed E-state index contributed by atoms with van der Waals surface area (Å²) in [5.41, 5.74) is 13.6. The predicted octanol–water partition coefficient (Wildman–Crippen LogP) is 13.0. The minimum atomic E-state index is -0.0685. The molecule has 3 heterocycles. The lowest BCUT2D eigenvalue weighted by molar-refractivity contribution is 0.519. The van der Waals surface area contributed by atoms with Gasteiger partial charge in [0.05, 0.1) is 21.4 Å². The summed E-state index contributed by atoms with van der Waals surface area (Å²) in [4.78, 5) is 5.01. The van der Waals surface area contributed by atoms with E-state index < -0.39 is 0 Å². The number of nitrogens with zero attached hydrogens (tertiary/aromatic N) is 2. The van der Waals surface area contributed by atoms with Crippen LogP contribution in [0.15, 0.2) is 170 Å². The van der Waals surface area contributed by atoms with Gasteiger partial charge in [-0.25, -0.2) is 0 Å². The molecule has 2 aliphatic carbocycles. The molecule has 0 fully saturated rings. The predicted molar refractivity (Wildman–Crippen MR) is 216 cm³/mol. The van der Waals surface area contributed by atoms with Crippen LogP contribution in [0.3, 0.4) is 0 Å². The summed E-state index contributed by atoms with van der Waals surface area (Å²) in [6.07, 6.45) is 11.1. The summed E-state index contributed by atoms with van der Waals surface area (Å²) in [5.74, 6) is 0.339. The number of fused-ring (bicyclic) bond motifs is 12. The third-order valence-corrected chi connectivity index (χ3v) is 12.6. The lowest BCUT2D eigenvalue weighted by Crippen LogP contribution is -2.32. The van der Waals surface area contributed by atoms with Gasteiger partial charge in [-0.2, -0.15) is 0 Å². The summed E-state index contributed by atoms with van der Waals surface area (Å²) in [6.45, 7) is 2.38. The van der Waals surface area contributed by atoms with E-state index in [1.54, 1.807) is 0 Å². The van der Waals surface area contributed by atoms with Crippen molar-refractivity contribution >= 4 is 53.3 Å².